The minimum Gasteiger partial charge on any atom is -0.461 e. The van der Waals surface area contributed by atoms with Gasteiger partial charge in [-0.15, -0.1) is 0 Å². The molecule has 2 aliphatic rings. The first-order chi connectivity index (χ1) is 14.4. The number of rotatable bonds is 4. The first-order valence-corrected chi connectivity index (χ1v) is 11.1. The smallest absolute Gasteiger partial charge is 0.360 e. The van der Waals surface area contributed by atoms with E-state index in [2.05, 4.69) is 19.9 Å². The first kappa shape index (κ1) is 21.3. The van der Waals surface area contributed by atoms with Gasteiger partial charge in [0.25, 0.3) is 0 Å². The van der Waals surface area contributed by atoms with Gasteiger partial charge in [-0.05, 0) is 44.1 Å². The zero-order valence-corrected chi connectivity index (χ0v) is 18.4. The molecule has 4 rings (SSSR count). The number of hydrogen-bond acceptors (Lipinski definition) is 7. The second-order valence-electron chi connectivity index (χ2n) is 7.96. The lowest BCUT2D eigenvalue weighted by Gasteiger charge is -2.42. The van der Waals surface area contributed by atoms with Gasteiger partial charge in [-0.25, -0.2) is 19.7 Å². The highest BCUT2D eigenvalue weighted by Crippen LogP contribution is 2.46. The number of carbonyl (C=O) groups excluding carboxylic acids is 1. The normalized spacial score (nSPS) is 20.5. The highest BCUT2D eigenvalue weighted by molar-refractivity contribution is 6.42. The van der Waals surface area contributed by atoms with Crippen LogP contribution in [0.4, 0.5) is 5.82 Å². The number of halogens is 2. The van der Waals surface area contributed by atoms with Crippen LogP contribution in [0.2, 0.25) is 10.2 Å². The number of esters is 1. The molecule has 7 nitrogen and oxygen atoms in total. The van der Waals surface area contributed by atoms with E-state index in [9.17, 15) is 4.79 Å². The molecule has 0 aromatic carbocycles. The van der Waals surface area contributed by atoms with Gasteiger partial charge < -0.3 is 15.4 Å². The van der Waals surface area contributed by atoms with E-state index in [0.717, 1.165) is 32.4 Å². The van der Waals surface area contributed by atoms with Crippen molar-refractivity contribution in [3.05, 3.63) is 34.3 Å². The van der Waals surface area contributed by atoms with Crippen molar-refractivity contribution in [1.82, 2.24) is 15.0 Å². The Balaban J connectivity index is 1.66. The fraction of sp³-hybridized carbons (Fsp3) is 0.524. The summed E-state index contributed by atoms with van der Waals surface area (Å²) in [4.78, 5) is 27.9. The van der Waals surface area contributed by atoms with E-state index in [0.29, 0.717) is 17.1 Å². The Bertz CT molecular complexity index is 947. The highest BCUT2D eigenvalue weighted by atomic mass is 35.5. The molecule has 0 bridgehead atoms. The molecule has 1 aliphatic carbocycles. The molecule has 0 radical (unpaired) electrons. The van der Waals surface area contributed by atoms with E-state index in [4.69, 9.17) is 33.7 Å². The van der Waals surface area contributed by atoms with Gasteiger partial charge in [0.2, 0.25) is 0 Å². The van der Waals surface area contributed by atoms with E-state index >= 15 is 0 Å². The fourth-order valence-electron chi connectivity index (χ4n) is 4.65. The van der Waals surface area contributed by atoms with Gasteiger partial charge in [-0.3, -0.25) is 0 Å². The van der Waals surface area contributed by atoms with Crippen LogP contribution in [0.25, 0.3) is 11.3 Å². The summed E-state index contributed by atoms with van der Waals surface area (Å²) in [6, 6.07) is 1.95. The summed E-state index contributed by atoms with van der Waals surface area (Å²) in [5.74, 6) is 0.0332. The van der Waals surface area contributed by atoms with Crippen molar-refractivity contribution in [2.45, 2.75) is 45.1 Å². The number of piperidine rings is 1. The second-order valence-corrected chi connectivity index (χ2v) is 8.70. The zero-order chi connectivity index (χ0) is 21.3. The molecular formula is C21H25Cl2N5O2. The van der Waals surface area contributed by atoms with Gasteiger partial charge in [0.1, 0.15) is 5.15 Å². The summed E-state index contributed by atoms with van der Waals surface area (Å²) >= 11 is 12.3. The molecule has 30 heavy (non-hydrogen) atoms. The molecule has 1 atom stereocenters. The molecule has 1 saturated carbocycles. The Morgan fingerprint density at radius 1 is 1.30 bits per heavy atom. The number of hydrogen-bond donors (Lipinski definition) is 1. The van der Waals surface area contributed by atoms with Crippen LogP contribution < -0.4 is 10.6 Å². The van der Waals surface area contributed by atoms with Crippen LogP contribution in [0.3, 0.4) is 0 Å². The Morgan fingerprint density at radius 2 is 2.07 bits per heavy atom. The number of nitrogens with two attached hydrogens (primary N) is 1. The van der Waals surface area contributed by atoms with Crippen LogP contribution in [0.15, 0.2) is 18.5 Å². The van der Waals surface area contributed by atoms with Crippen molar-refractivity contribution in [2.75, 3.05) is 24.6 Å². The predicted octanol–water partition coefficient (Wildman–Crippen LogP) is 4.12. The monoisotopic (exact) mass is 449 g/mol. The lowest BCUT2D eigenvalue weighted by atomic mass is 9.74. The van der Waals surface area contributed by atoms with Crippen LogP contribution in [0.1, 0.15) is 49.5 Å². The van der Waals surface area contributed by atoms with Gasteiger partial charge in [-0.2, -0.15) is 0 Å². The number of anilines is 1. The summed E-state index contributed by atoms with van der Waals surface area (Å²) < 4.78 is 5.26. The van der Waals surface area contributed by atoms with Crippen molar-refractivity contribution in [1.29, 1.82) is 0 Å². The zero-order valence-electron chi connectivity index (χ0n) is 16.9. The largest absolute Gasteiger partial charge is 0.461 e. The quantitative estimate of drug-likeness (QED) is 0.553. The van der Waals surface area contributed by atoms with Crippen LogP contribution in [-0.4, -0.2) is 46.7 Å². The van der Waals surface area contributed by atoms with Crippen LogP contribution in [-0.2, 0) is 4.74 Å². The van der Waals surface area contributed by atoms with E-state index in [1.165, 1.54) is 19.0 Å². The Morgan fingerprint density at radius 3 is 2.73 bits per heavy atom. The van der Waals surface area contributed by atoms with Crippen molar-refractivity contribution < 1.29 is 9.53 Å². The minimum atomic E-state index is -0.504. The summed E-state index contributed by atoms with van der Waals surface area (Å²) in [6.45, 7) is 3.59. The number of nitrogens with zero attached hydrogens (tertiary/aromatic N) is 4. The predicted molar refractivity (Wildman–Crippen MR) is 117 cm³/mol. The summed E-state index contributed by atoms with van der Waals surface area (Å²) in [7, 11) is 0. The van der Waals surface area contributed by atoms with Gasteiger partial charge in [0.05, 0.1) is 23.5 Å². The third-order valence-corrected chi connectivity index (χ3v) is 7.15. The van der Waals surface area contributed by atoms with Crippen molar-refractivity contribution in [3.63, 3.8) is 0 Å². The van der Waals surface area contributed by atoms with Crippen LogP contribution >= 0.6 is 23.2 Å². The van der Waals surface area contributed by atoms with Gasteiger partial charge in [0.15, 0.2) is 11.5 Å². The summed E-state index contributed by atoms with van der Waals surface area (Å²) in [5.41, 5.74) is 7.82. The third-order valence-electron chi connectivity index (χ3n) is 6.38. The van der Waals surface area contributed by atoms with Crippen molar-refractivity contribution >= 4 is 35.0 Å². The summed E-state index contributed by atoms with van der Waals surface area (Å²) in [6.07, 6.45) is 8.60. The molecule has 1 spiro atoms. The maximum atomic E-state index is 12.7. The Kier molecular flexibility index (Phi) is 6.14. The Labute approximate surface area is 185 Å². The number of carbonyl (C=O) groups is 1. The maximum Gasteiger partial charge on any atom is 0.360 e. The van der Waals surface area contributed by atoms with Crippen molar-refractivity contribution in [2.24, 2.45) is 11.1 Å². The number of pyridine rings is 1. The molecule has 2 fully saturated rings. The second kappa shape index (κ2) is 8.65. The molecule has 160 valence electrons. The molecule has 2 aromatic rings. The molecule has 0 amide bonds. The molecule has 1 aliphatic heterocycles. The van der Waals surface area contributed by atoms with Gasteiger partial charge >= 0.3 is 5.97 Å². The standard InChI is InChI=1S/C21H25Cl2N5O2/c1-2-30-20(29)17-19(28-10-7-21(8-11-28)6-3-4-15(21)24)26-12-14(27-17)13-5-9-25-18(23)16(13)22/h5,9,12,15H,2-4,6-8,10-11,24H2,1H3/t15-/m1/s1. The molecule has 2 aromatic heterocycles. The highest BCUT2D eigenvalue weighted by Gasteiger charge is 2.43. The van der Waals surface area contributed by atoms with E-state index in [1.807, 2.05) is 0 Å². The van der Waals surface area contributed by atoms with Crippen LogP contribution in [0, 0.1) is 5.41 Å². The topological polar surface area (TPSA) is 94.2 Å². The van der Waals surface area contributed by atoms with E-state index < -0.39 is 5.97 Å². The van der Waals surface area contributed by atoms with E-state index in [1.54, 1.807) is 19.2 Å². The average Bonchev–Trinajstić information content (AvgIpc) is 3.10. The SMILES string of the molecule is CCOC(=O)c1nc(-c2ccnc(Cl)c2Cl)cnc1N1CCC2(CCC[C@H]2N)CC1. The lowest BCUT2D eigenvalue weighted by Crippen LogP contribution is -2.47. The maximum absolute atomic E-state index is 12.7. The minimum absolute atomic E-state index is 0.173. The molecule has 2 N–H and O–H groups in total. The molecule has 3 heterocycles. The van der Waals surface area contributed by atoms with Crippen molar-refractivity contribution in [3.8, 4) is 11.3 Å². The fourth-order valence-corrected chi connectivity index (χ4v) is 5.01. The average molecular weight is 450 g/mol. The van der Waals surface area contributed by atoms with Gasteiger partial charge in [-0.1, -0.05) is 29.6 Å². The molecule has 9 heteroatoms. The van der Waals surface area contributed by atoms with Gasteiger partial charge in [0, 0.05) is 30.9 Å². The molecule has 1 saturated heterocycles. The summed E-state index contributed by atoms with van der Waals surface area (Å²) in [5, 5.41) is 0.443. The van der Waals surface area contributed by atoms with E-state index in [-0.39, 0.29) is 33.9 Å². The Hall–Kier alpha value is -1.96. The lowest BCUT2D eigenvalue weighted by molar-refractivity contribution is 0.0519. The number of ether oxygens (including phenoxy) is 1. The van der Waals surface area contributed by atoms with Crippen LogP contribution in [0.5, 0.6) is 0 Å². The molecule has 0 unspecified atom stereocenters. The first-order valence-electron chi connectivity index (χ1n) is 10.3. The third kappa shape index (κ3) is 3.86. The molecular weight excluding hydrogens is 425 g/mol. The number of aromatic nitrogens is 3.